The van der Waals surface area contributed by atoms with Gasteiger partial charge in [-0.15, -0.1) is 0 Å². The van der Waals surface area contributed by atoms with E-state index in [1.807, 2.05) is 39.8 Å². The van der Waals surface area contributed by atoms with Crippen molar-refractivity contribution in [2.24, 2.45) is 10.8 Å². The maximum Gasteiger partial charge on any atom is 0.138 e. The molecule has 1 aliphatic rings. The van der Waals surface area contributed by atoms with Gasteiger partial charge in [-0.25, -0.2) is 9.78 Å². The Labute approximate surface area is 136 Å². The standard InChI is InChI=1S/C19H33NO2/c1-16(2,3)13-11-19(10,22-21-18(7,8)9)12-14(15(13)20)17(4,5)6/h11-12,20H,1-10H3. The molecule has 0 spiro atoms. The topological polar surface area (TPSA) is 42.3 Å². The second kappa shape index (κ2) is 5.61. The number of hydrogen-bond donors (Lipinski definition) is 1. The molecule has 0 saturated carbocycles. The molecule has 0 aromatic carbocycles. The van der Waals surface area contributed by atoms with Crippen LogP contribution in [0.2, 0.25) is 0 Å². The third kappa shape index (κ3) is 4.79. The van der Waals surface area contributed by atoms with Gasteiger partial charge in [-0.05, 0) is 61.8 Å². The molecule has 1 rings (SSSR count). The maximum absolute atomic E-state index is 8.61. The minimum Gasteiger partial charge on any atom is -0.300 e. The highest BCUT2D eigenvalue weighted by atomic mass is 17.2. The van der Waals surface area contributed by atoms with Crippen molar-refractivity contribution in [3.8, 4) is 0 Å². The molecule has 1 N–H and O–H groups in total. The van der Waals surface area contributed by atoms with Gasteiger partial charge in [0.25, 0.3) is 0 Å². The summed E-state index contributed by atoms with van der Waals surface area (Å²) in [5.74, 6) is 0. The van der Waals surface area contributed by atoms with Gasteiger partial charge in [0.15, 0.2) is 0 Å². The average Bonchev–Trinajstić information content (AvgIpc) is 2.26. The smallest absolute Gasteiger partial charge is 0.138 e. The molecule has 3 nitrogen and oxygen atoms in total. The van der Waals surface area contributed by atoms with Gasteiger partial charge in [0.2, 0.25) is 0 Å². The zero-order chi connectivity index (χ0) is 17.6. The SMILES string of the molecule is CC(C)(C)OOC1(C)C=C(C(C)(C)C)C(=N)C(C(C)(C)C)=C1. The van der Waals surface area contributed by atoms with Crippen molar-refractivity contribution < 1.29 is 9.78 Å². The van der Waals surface area contributed by atoms with E-state index in [1.165, 1.54) is 0 Å². The van der Waals surface area contributed by atoms with E-state index in [9.17, 15) is 0 Å². The van der Waals surface area contributed by atoms with Crippen molar-refractivity contribution in [3.05, 3.63) is 23.3 Å². The summed E-state index contributed by atoms with van der Waals surface area (Å²) in [5, 5.41) is 8.61. The molecule has 0 bridgehead atoms. The molecule has 0 heterocycles. The number of rotatable bonds is 2. The van der Waals surface area contributed by atoms with Crippen LogP contribution >= 0.6 is 0 Å². The second-order valence-corrected chi connectivity index (χ2v) is 9.45. The first-order valence-corrected chi connectivity index (χ1v) is 7.98. The highest BCUT2D eigenvalue weighted by Gasteiger charge is 2.38. The molecule has 1 aliphatic carbocycles. The van der Waals surface area contributed by atoms with Gasteiger partial charge in [-0.1, -0.05) is 41.5 Å². The summed E-state index contributed by atoms with van der Waals surface area (Å²) < 4.78 is 0. The first-order chi connectivity index (χ1) is 9.55. The number of allylic oxidation sites excluding steroid dienone is 2. The molecule has 0 amide bonds. The van der Waals surface area contributed by atoms with Crippen LogP contribution in [-0.2, 0) is 9.78 Å². The predicted octanol–water partition coefficient (Wildman–Crippen LogP) is 5.47. The molecule has 0 radical (unpaired) electrons. The lowest BCUT2D eigenvalue weighted by atomic mass is 9.69. The van der Waals surface area contributed by atoms with E-state index in [4.69, 9.17) is 15.2 Å². The Kier molecular flexibility index (Phi) is 4.87. The molecular formula is C19H33NO2. The third-order valence-electron chi connectivity index (χ3n) is 3.49. The van der Waals surface area contributed by atoms with Crippen LogP contribution in [0.5, 0.6) is 0 Å². The van der Waals surface area contributed by atoms with Crippen LogP contribution in [0, 0.1) is 16.2 Å². The van der Waals surface area contributed by atoms with Crippen LogP contribution < -0.4 is 0 Å². The monoisotopic (exact) mass is 307 g/mol. The highest BCUT2D eigenvalue weighted by molar-refractivity contribution is 6.13. The Morgan fingerprint density at radius 1 is 0.818 bits per heavy atom. The third-order valence-corrected chi connectivity index (χ3v) is 3.49. The molecule has 0 aliphatic heterocycles. The molecule has 3 heteroatoms. The molecule has 0 unspecified atom stereocenters. The van der Waals surface area contributed by atoms with Crippen molar-refractivity contribution in [1.82, 2.24) is 0 Å². The van der Waals surface area contributed by atoms with Crippen molar-refractivity contribution in [2.45, 2.75) is 80.4 Å². The average molecular weight is 307 g/mol. The summed E-state index contributed by atoms with van der Waals surface area (Å²) in [7, 11) is 0. The van der Waals surface area contributed by atoms with Crippen LogP contribution in [0.3, 0.4) is 0 Å². The predicted molar refractivity (Wildman–Crippen MR) is 93.1 cm³/mol. The second-order valence-electron chi connectivity index (χ2n) is 9.45. The first kappa shape index (κ1) is 19.1. The Balaban J connectivity index is 3.32. The van der Waals surface area contributed by atoms with E-state index >= 15 is 0 Å². The lowest BCUT2D eigenvalue weighted by molar-refractivity contribution is -0.380. The molecule has 0 aromatic rings. The zero-order valence-corrected chi connectivity index (χ0v) is 16.0. The summed E-state index contributed by atoms with van der Waals surface area (Å²) in [6.07, 6.45) is 4.05. The Hall–Kier alpha value is -0.930. The lowest BCUT2D eigenvalue weighted by Gasteiger charge is -2.39. The van der Waals surface area contributed by atoms with Crippen LogP contribution in [0.4, 0.5) is 0 Å². The minimum absolute atomic E-state index is 0.117. The Morgan fingerprint density at radius 2 is 1.18 bits per heavy atom. The fourth-order valence-electron chi connectivity index (χ4n) is 2.35. The van der Waals surface area contributed by atoms with Gasteiger partial charge in [-0.3, -0.25) is 0 Å². The maximum atomic E-state index is 8.61. The molecular weight excluding hydrogens is 274 g/mol. The van der Waals surface area contributed by atoms with E-state index in [2.05, 4.69) is 41.5 Å². The van der Waals surface area contributed by atoms with E-state index in [0.29, 0.717) is 5.71 Å². The van der Waals surface area contributed by atoms with Gasteiger partial charge in [-0.2, -0.15) is 0 Å². The van der Waals surface area contributed by atoms with Gasteiger partial charge in [0.05, 0.1) is 11.3 Å². The normalized spacial score (nSPS) is 24.2. The Bertz CT molecular complexity index is 471. The minimum atomic E-state index is -0.664. The molecule has 0 fully saturated rings. The zero-order valence-electron chi connectivity index (χ0n) is 16.0. The number of hydrogen-bond acceptors (Lipinski definition) is 3. The summed E-state index contributed by atoms with van der Waals surface area (Å²) in [6, 6.07) is 0. The van der Waals surface area contributed by atoms with Crippen molar-refractivity contribution >= 4 is 5.71 Å². The summed E-state index contributed by atoms with van der Waals surface area (Å²) in [4.78, 5) is 11.4. The van der Waals surface area contributed by atoms with Crippen molar-refractivity contribution in [2.75, 3.05) is 0 Å². The molecule has 22 heavy (non-hydrogen) atoms. The Morgan fingerprint density at radius 3 is 1.45 bits per heavy atom. The number of nitrogens with one attached hydrogen (secondary N) is 1. The van der Waals surface area contributed by atoms with Gasteiger partial charge < -0.3 is 5.41 Å². The van der Waals surface area contributed by atoms with E-state index < -0.39 is 5.60 Å². The van der Waals surface area contributed by atoms with Crippen LogP contribution in [0.15, 0.2) is 23.3 Å². The van der Waals surface area contributed by atoms with Crippen LogP contribution in [0.25, 0.3) is 0 Å². The van der Waals surface area contributed by atoms with E-state index in [0.717, 1.165) is 11.1 Å². The lowest BCUT2D eigenvalue weighted by Crippen LogP contribution is -2.38. The van der Waals surface area contributed by atoms with E-state index in [1.54, 1.807) is 0 Å². The largest absolute Gasteiger partial charge is 0.300 e. The van der Waals surface area contributed by atoms with Crippen molar-refractivity contribution in [3.63, 3.8) is 0 Å². The summed E-state index contributed by atoms with van der Waals surface area (Å²) >= 11 is 0. The summed E-state index contributed by atoms with van der Waals surface area (Å²) in [6.45, 7) is 20.6. The van der Waals surface area contributed by atoms with E-state index in [-0.39, 0.29) is 16.4 Å². The fraction of sp³-hybridized carbons (Fsp3) is 0.737. The van der Waals surface area contributed by atoms with Crippen LogP contribution in [0.1, 0.15) is 69.2 Å². The fourth-order valence-corrected chi connectivity index (χ4v) is 2.35. The molecule has 0 aromatic heterocycles. The molecule has 0 saturated heterocycles. The van der Waals surface area contributed by atoms with Crippen molar-refractivity contribution in [1.29, 1.82) is 5.41 Å². The quantitative estimate of drug-likeness (QED) is 0.543. The highest BCUT2D eigenvalue weighted by Crippen LogP contribution is 2.41. The van der Waals surface area contributed by atoms with Gasteiger partial charge >= 0.3 is 0 Å². The van der Waals surface area contributed by atoms with Crippen LogP contribution in [-0.4, -0.2) is 16.9 Å². The van der Waals surface area contributed by atoms with Gasteiger partial charge in [0.1, 0.15) is 5.60 Å². The first-order valence-electron chi connectivity index (χ1n) is 7.98. The summed E-state index contributed by atoms with van der Waals surface area (Å²) in [5.41, 5.74) is 1.34. The molecule has 0 atom stereocenters. The molecule has 126 valence electrons. The van der Waals surface area contributed by atoms with Gasteiger partial charge in [0, 0.05) is 0 Å².